The molecule has 0 saturated heterocycles. The molecule has 1 rings (SSSR count). The molecule has 92 valence electrons. The lowest BCUT2D eigenvalue weighted by Gasteiger charge is -2.13. The predicted molar refractivity (Wildman–Crippen MR) is 60.5 cm³/mol. The molecule has 8 heteroatoms. The first-order valence-corrected chi connectivity index (χ1v) is 5.19. The van der Waals surface area contributed by atoms with Crippen LogP contribution in [0.2, 0.25) is 0 Å². The maximum absolute atomic E-state index is 11.2. The van der Waals surface area contributed by atoms with Crippen LogP contribution < -0.4 is 10.8 Å². The van der Waals surface area contributed by atoms with E-state index < -0.39 is 0 Å². The molecule has 0 aliphatic carbocycles. The highest BCUT2D eigenvalue weighted by Gasteiger charge is 2.22. The fourth-order valence-corrected chi connectivity index (χ4v) is 1.32. The van der Waals surface area contributed by atoms with Crippen molar-refractivity contribution in [1.82, 2.24) is 15.7 Å². The van der Waals surface area contributed by atoms with Crippen molar-refractivity contribution in [2.75, 3.05) is 13.7 Å². The Kier molecular flexibility index (Phi) is 5.37. The average Bonchev–Trinajstić information content (AvgIpc) is 2.61. The van der Waals surface area contributed by atoms with E-state index in [4.69, 9.17) is 0 Å². The molecule has 0 radical (unpaired) electrons. The van der Waals surface area contributed by atoms with Gasteiger partial charge in [0.1, 0.15) is 0 Å². The molecule has 0 saturated carbocycles. The Labute approximate surface area is 99.4 Å². The van der Waals surface area contributed by atoms with Gasteiger partial charge >= 0.3 is 7.62 Å². The quantitative estimate of drug-likeness (QED) is 0.237. The van der Waals surface area contributed by atoms with Crippen LogP contribution in [-0.2, 0) is 19.0 Å². The summed E-state index contributed by atoms with van der Waals surface area (Å²) in [5, 5.41) is 2.55. The third-order valence-electron chi connectivity index (χ3n) is 2.13. The van der Waals surface area contributed by atoms with Crippen LogP contribution in [0.4, 0.5) is 0 Å². The van der Waals surface area contributed by atoms with Crippen LogP contribution in [0.3, 0.4) is 0 Å². The standard InChI is InChI=1S/C9H14BN3O4/c1-17-10-12-11-7(14)3-2-6-13-8(15)4-5-9(13)16/h4-5,10,12H,2-3,6H2,1H3,(H,11,14). The number of carbonyl (C=O) groups is 3. The first-order chi connectivity index (χ1) is 8.15. The number of hydrogen-bond donors (Lipinski definition) is 2. The number of carbonyl (C=O) groups excluding carboxylic acids is 3. The normalized spacial score (nSPS) is 14.3. The van der Waals surface area contributed by atoms with Gasteiger partial charge in [-0.2, -0.15) is 0 Å². The van der Waals surface area contributed by atoms with E-state index in [1.165, 1.54) is 19.3 Å². The number of imide groups is 1. The molecular weight excluding hydrogens is 225 g/mol. The molecule has 2 N–H and O–H groups in total. The molecule has 1 aliphatic rings. The molecule has 1 aliphatic heterocycles. The van der Waals surface area contributed by atoms with Crippen molar-refractivity contribution in [3.63, 3.8) is 0 Å². The minimum Gasteiger partial charge on any atom is -0.426 e. The van der Waals surface area contributed by atoms with Crippen LogP contribution in [0.25, 0.3) is 0 Å². The number of hydrogen-bond acceptors (Lipinski definition) is 5. The van der Waals surface area contributed by atoms with Crippen LogP contribution in [0.5, 0.6) is 0 Å². The second-order valence-corrected chi connectivity index (χ2v) is 3.42. The Morgan fingerprint density at radius 3 is 2.65 bits per heavy atom. The van der Waals surface area contributed by atoms with E-state index in [0.29, 0.717) is 6.42 Å². The third kappa shape index (κ3) is 4.37. The van der Waals surface area contributed by atoms with E-state index >= 15 is 0 Å². The van der Waals surface area contributed by atoms with Crippen molar-refractivity contribution in [2.45, 2.75) is 12.8 Å². The van der Waals surface area contributed by atoms with E-state index in [2.05, 4.69) is 15.4 Å². The molecule has 0 unspecified atom stereocenters. The fraction of sp³-hybridized carbons (Fsp3) is 0.444. The topological polar surface area (TPSA) is 87.7 Å². The number of hydrazine groups is 1. The summed E-state index contributed by atoms with van der Waals surface area (Å²) in [7, 11) is 1.72. The molecule has 3 amide bonds. The van der Waals surface area contributed by atoms with Crippen molar-refractivity contribution < 1.29 is 19.0 Å². The summed E-state index contributed by atoms with van der Waals surface area (Å²) in [5.74, 6) is -0.866. The largest absolute Gasteiger partial charge is 0.426 e. The summed E-state index contributed by atoms with van der Waals surface area (Å²) in [4.78, 5) is 34.6. The van der Waals surface area contributed by atoms with Crippen molar-refractivity contribution in [1.29, 1.82) is 0 Å². The Bertz CT molecular complexity index is 327. The van der Waals surface area contributed by atoms with Crippen LogP contribution in [0.1, 0.15) is 12.8 Å². The zero-order chi connectivity index (χ0) is 12.7. The predicted octanol–water partition coefficient (Wildman–Crippen LogP) is -1.77. The zero-order valence-electron chi connectivity index (χ0n) is 9.56. The summed E-state index contributed by atoms with van der Waals surface area (Å²) >= 11 is 0. The van der Waals surface area contributed by atoms with E-state index in [1.54, 1.807) is 0 Å². The first kappa shape index (κ1) is 13.4. The minimum atomic E-state index is -0.326. The highest BCUT2D eigenvalue weighted by atomic mass is 16.4. The van der Waals surface area contributed by atoms with Crippen molar-refractivity contribution in [3.8, 4) is 0 Å². The maximum Gasteiger partial charge on any atom is 0.379 e. The number of rotatable bonds is 7. The molecule has 0 atom stereocenters. The Morgan fingerprint density at radius 2 is 2.06 bits per heavy atom. The summed E-state index contributed by atoms with van der Waals surface area (Å²) in [6, 6.07) is 0. The lowest BCUT2D eigenvalue weighted by molar-refractivity contribution is -0.137. The van der Waals surface area contributed by atoms with Gasteiger partial charge in [-0.25, -0.2) is 5.34 Å². The fourth-order valence-electron chi connectivity index (χ4n) is 1.32. The van der Waals surface area contributed by atoms with E-state index in [9.17, 15) is 14.4 Å². The zero-order valence-corrected chi connectivity index (χ0v) is 9.56. The van der Waals surface area contributed by atoms with E-state index in [1.807, 2.05) is 0 Å². The lowest BCUT2D eigenvalue weighted by atomic mass is 10.2. The third-order valence-corrected chi connectivity index (χ3v) is 2.13. The summed E-state index contributed by atoms with van der Waals surface area (Å²) in [6.45, 7) is 0.252. The molecular formula is C9H14BN3O4. The number of nitrogens with one attached hydrogen (secondary N) is 2. The van der Waals surface area contributed by atoms with Gasteiger partial charge in [-0.05, 0) is 6.42 Å². The Morgan fingerprint density at radius 1 is 1.41 bits per heavy atom. The van der Waals surface area contributed by atoms with E-state index in [-0.39, 0.29) is 38.3 Å². The van der Waals surface area contributed by atoms with Crippen LogP contribution in [-0.4, -0.2) is 43.9 Å². The molecule has 0 aromatic rings. The number of amides is 3. The molecule has 7 nitrogen and oxygen atoms in total. The van der Waals surface area contributed by atoms with Gasteiger partial charge in [0.2, 0.25) is 5.91 Å². The molecule has 0 fully saturated rings. The van der Waals surface area contributed by atoms with E-state index in [0.717, 1.165) is 4.90 Å². The number of nitrogens with zero attached hydrogens (tertiary/aromatic N) is 1. The summed E-state index contributed by atoms with van der Waals surface area (Å²) < 4.78 is 4.67. The molecule has 0 aromatic carbocycles. The van der Waals surface area contributed by atoms with Gasteiger partial charge in [0.05, 0.1) is 0 Å². The monoisotopic (exact) mass is 239 g/mol. The molecule has 0 spiro atoms. The van der Waals surface area contributed by atoms with Gasteiger partial charge in [-0.3, -0.25) is 19.3 Å². The van der Waals surface area contributed by atoms with Crippen LogP contribution in [0.15, 0.2) is 12.2 Å². The van der Waals surface area contributed by atoms with Gasteiger partial charge in [-0.15, -0.1) is 0 Å². The highest BCUT2D eigenvalue weighted by molar-refractivity contribution is 6.23. The maximum atomic E-state index is 11.2. The molecule has 1 heterocycles. The van der Waals surface area contributed by atoms with Gasteiger partial charge < -0.3 is 10.1 Å². The lowest BCUT2D eigenvalue weighted by Crippen LogP contribution is -2.41. The van der Waals surface area contributed by atoms with Crippen LogP contribution >= 0.6 is 0 Å². The molecule has 0 aromatic heterocycles. The SMILES string of the molecule is COBNNC(=O)CCCN1C(=O)C=CC1=O. The summed E-state index contributed by atoms with van der Waals surface area (Å²) in [6.07, 6.45) is 3.11. The van der Waals surface area contributed by atoms with Gasteiger partial charge in [0.25, 0.3) is 11.8 Å². The second-order valence-electron chi connectivity index (χ2n) is 3.42. The van der Waals surface area contributed by atoms with Gasteiger partial charge in [0, 0.05) is 32.2 Å². The van der Waals surface area contributed by atoms with Crippen molar-refractivity contribution in [2.24, 2.45) is 0 Å². The molecule has 0 bridgehead atoms. The van der Waals surface area contributed by atoms with Crippen molar-refractivity contribution in [3.05, 3.63) is 12.2 Å². The summed E-state index contributed by atoms with van der Waals surface area (Å²) in [5.41, 5.74) is 2.41. The minimum absolute atomic E-state index is 0.214. The molecule has 17 heavy (non-hydrogen) atoms. The Balaban J connectivity index is 2.13. The van der Waals surface area contributed by atoms with Gasteiger partial charge in [-0.1, -0.05) is 0 Å². The van der Waals surface area contributed by atoms with Gasteiger partial charge in [0.15, 0.2) is 0 Å². The van der Waals surface area contributed by atoms with Crippen LogP contribution in [0, 0.1) is 0 Å². The first-order valence-electron chi connectivity index (χ1n) is 5.19. The second kappa shape index (κ2) is 6.82. The average molecular weight is 239 g/mol. The Hall–Kier alpha value is -1.67. The van der Waals surface area contributed by atoms with Crippen molar-refractivity contribution >= 4 is 25.3 Å². The highest BCUT2D eigenvalue weighted by Crippen LogP contribution is 2.05. The smallest absolute Gasteiger partial charge is 0.379 e.